The molecule has 1 unspecified atom stereocenters. The van der Waals surface area contributed by atoms with Crippen LogP contribution in [0.4, 0.5) is 0 Å². The highest BCUT2D eigenvalue weighted by atomic mass is 16.5. The normalized spacial score (nSPS) is 16.9. The van der Waals surface area contributed by atoms with Crippen LogP contribution in [-0.4, -0.2) is 28.3 Å². The third-order valence-electron chi connectivity index (χ3n) is 3.58. The second kappa shape index (κ2) is 6.39. The zero-order chi connectivity index (χ0) is 15.4. The Morgan fingerprint density at radius 2 is 2.33 bits per heavy atom. The van der Waals surface area contributed by atoms with Gasteiger partial charge in [-0.25, -0.2) is 4.79 Å². The predicted octanol–water partition coefficient (Wildman–Crippen LogP) is 0.879. The summed E-state index contributed by atoms with van der Waals surface area (Å²) in [5.74, 6) is -1.07. The Bertz CT molecular complexity index is 600. The van der Waals surface area contributed by atoms with Crippen molar-refractivity contribution in [2.75, 3.05) is 6.61 Å². The molecule has 0 spiro atoms. The van der Waals surface area contributed by atoms with Crippen molar-refractivity contribution in [3.8, 4) is 6.07 Å². The van der Waals surface area contributed by atoms with Crippen molar-refractivity contribution >= 4 is 11.9 Å². The van der Waals surface area contributed by atoms with Gasteiger partial charge in [-0.3, -0.25) is 9.48 Å². The number of nitriles is 1. The summed E-state index contributed by atoms with van der Waals surface area (Å²) in [6.07, 6.45) is 2.76. The SMILES string of the molecule is CCOC(=O)c1nn(CC(N)=O)c2c1C(CC#N)CCC2. The van der Waals surface area contributed by atoms with E-state index in [4.69, 9.17) is 15.7 Å². The minimum atomic E-state index is -0.516. The maximum atomic E-state index is 12.1. The summed E-state index contributed by atoms with van der Waals surface area (Å²) in [6.45, 7) is 1.90. The van der Waals surface area contributed by atoms with Gasteiger partial charge < -0.3 is 10.5 Å². The number of amides is 1. The van der Waals surface area contributed by atoms with Crippen LogP contribution in [0, 0.1) is 11.3 Å². The van der Waals surface area contributed by atoms with E-state index >= 15 is 0 Å². The van der Waals surface area contributed by atoms with E-state index < -0.39 is 11.9 Å². The van der Waals surface area contributed by atoms with Crippen LogP contribution in [-0.2, 0) is 22.5 Å². The molecule has 1 amide bonds. The smallest absolute Gasteiger partial charge is 0.359 e. The molecule has 21 heavy (non-hydrogen) atoms. The van der Waals surface area contributed by atoms with E-state index in [2.05, 4.69) is 11.2 Å². The molecular weight excluding hydrogens is 272 g/mol. The van der Waals surface area contributed by atoms with E-state index in [0.29, 0.717) is 6.42 Å². The third kappa shape index (κ3) is 3.05. The lowest BCUT2D eigenvalue weighted by Crippen LogP contribution is -2.22. The first-order chi connectivity index (χ1) is 10.1. The quantitative estimate of drug-likeness (QED) is 0.809. The van der Waals surface area contributed by atoms with Gasteiger partial charge in [0.25, 0.3) is 0 Å². The number of carbonyl (C=O) groups is 2. The summed E-state index contributed by atoms with van der Waals surface area (Å²) in [4.78, 5) is 23.2. The lowest BCUT2D eigenvalue weighted by atomic mass is 9.83. The number of rotatable bonds is 5. The third-order valence-corrected chi connectivity index (χ3v) is 3.58. The van der Waals surface area contributed by atoms with Crippen LogP contribution in [0.15, 0.2) is 0 Å². The number of ether oxygens (including phenoxy) is 1. The molecule has 1 atom stereocenters. The molecule has 7 nitrogen and oxygen atoms in total. The molecule has 112 valence electrons. The van der Waals surface area contributed by atoms with Crippen molar-refractivity contribution in [1.29, 1.82) is 5.26 Å². The number of carbonyl (C=O) groups excluding carboxylic acids is 2. The highest BCUT2D eigenvalue weighted by molar-refractivity contribution is 5.89. The summed E-state index contributed by atoms with van der Waals surface area (Å²) in [7, 11) is 0. The van der Waals surface area contributed by atoms with Crippen LogP contribution >= 0.6 is 0 Å². The van der Waals surface area contributed by atoms with Crippen LogP contribution in [0.3, 0.4) is 0 Å². The number of primary amides is 1. The number of nitrogens with zero attached hydrogens (tertiary/aromatic N) is 3. The van der Waals surface area contributed by atoms with Gasteiger partial charge >= 0.3 is 5.97 Å². The zero-order valence-electron chi connectivity index (χ0n) is 12.0. The minimum Gasteiger partial charge on any atom is -0.461 e. The van der Waals surface area contributed by atoms with Gasteiger partial charge in [0, 0.05) is 23.6 Å². The van der Waals surface area contributed by atoms with Gasteiger partial charge in [-0.05, 0) is 26.2 Å². The van der Waals surface area contributed by atoms with Gasteiger partial charge in [0.05, 0.1) is 12.7 Å². The van der Waals surface area contributed by atoms with Crippen LogP contribution in [0.5, 0.6) is 0 Å². The summed E-state index contributed by atoms with van der Waals surface area (Å²) in [6, 6.07) is 2.15. The summed E-state index contributed by atoms with van der Waals surface area (Å²) in [5.41, 5.74) is 7.02. The van der Waals surface area contributed by atoms with E-state index in [-0.39, 0.29) is 24.8 Å². The molecule has 0 fully saturated rings. The van der Waals surface area contributed by atoms with E-state index in [0.717, 1.165) is 30.5 Å². The maximum absolute atomic E-state index is 12.1. The summed E-state index contributed by atoms with van der Waals surface area (Å²) < 4.78 is 6.50. The van der Waals surface area contributed by atoms with Crippen molar-refractivity contribution in [3.05, 3.63) is 17.0 Å². The number of fused-ring (bicyclic) bond motifs is 1. The predicted molar refractivity (Wildman–Crippen MR) is 73.3 cm³/mol. The fraction of sp³-hybridized carbons (Fsp3) is 0.571. The molecule has 0 bridgehead atoms. The largest absolute Gasteiger partial charge is 0.461 e. The minimum absolute atomic E-state index is 0.0419. The summed E-state index contributed by atoms with van der Waals surface area (Å²) in [5, 5.41) is 13.2. The zero-order valence-corrected chi connectivity index (χ0v) is 12.0. The molecule has 0 aliphatic heterocycles. The van der Waals surface area contributed by atoms with Gasteiger partial charge in [0.15, 0.2) is 5.69 Å². The molecular formula is C14H18N4O3. The van der Waals surface area contributed by atoms with Crippen LogP contribution in [0.2, 0.25) is 0 Å². The molecule has 2 N–H and O–H groups in total. The molecule has 2 rings (SSSR count). The first-order valence-corrected chi connectivity index (χ1v) is 7.00. The fourth-order valence-electron chi connectivity index (χ4n) is 2.81. The molecule has 7 heteroatoms. The molecule has 1 aromatic heterocycles. The molecule has 1 aliphatic carbocycles. The molecule has 0 radical (unpaired) electrons. The Morgan fingerprint density at radius 3 is 2.95 bits per heavy atom. The number of aromatic nitrogens is 2. The van der Waals surface area contributed by atoms with Crippen molar-refractivity contribution in [3.63, 3.8) is 0 Å². The van der Waals surface area contributed by atoms with Gasteiger partial charge in [0.2, 0.25) is 5.91 Å². The molecule has 0 saturated carbocycles. The highest BCUT2D eigenvalue weighted by Crippen LogP contribution is 2.36. The van der Waals surface area contributed by atoms with Gasteiger partial charge in [-0.2, -0.15) is 10.4 Å². The number of hydrogen-bond donors (Lipinski definition) is 1. The van der Waals surface area contributed by atoms with E-state index in [1.54, 1.807) is 6.92 Å². The first kappa shape index (κ1) is 15.0. The Labute approximate surface area is 122 Å². The lowest BCUT2D eigenvalue weighted by molar-refractivity contribution is -0.118. The van der Waals surface area contributed by atoms with Crippen LogP contribution < -0.4 is 5.73 Å². The van der Waals surface area contributed by atoms with E-state index in [1.165, 1.54) is 4.68 Å². The first-order valence-electron chi connectivity index (χ1n) is 7.00. The Hall–Kier alpha value is -2.36. The average molecular weight is 290 g/mol. The second-order valence-electron chi connectivity index (χ2n) is 5.00. The molecule has 1 aromatic rings. The monoisotopic (exact) mass is 290 g/mol. The Kier molecular flexibility index (Phi) is 4.58. The van der Waals surface area contributed by atoms with Gasteiger partial charge in [0.1, 0.15) is 6.54 Å². The van der Waals surface area contributed by atoms with E-state index in [1.807, 2.05) is 0 Å². The molecule has 1 heterocycles. The average Bonchev–Trinajstić information content (AvgIpc) is 2.79. The number of esters is 1. The summed E-state index contributed by atoms with van der Waals surface area (Å²) >= 11 is 0. The van der Waals surface area contributed by atoms with Gasteiger partial charge in [-0.1, -0.05) is 0 Å². The molecule has 0 aromatic carbocycles. The fourth-order valence-corrected chi connectivity index (χ4v) is 2.81. The van der Waals surface area contributed by atoms with Gasteiger partial charge in [-0.15, -0.1) is 0 Å². The lowest BCUT2D eigenvalue weighted by Gasteiger charge is -2.21. The Morgan fingerprint density at radius 1 is 1.57 bits per heavy atom. The number of hydrogen-bond acceptors (Lipinski definition) is 5. The van der Waals surface area contributed by atoms with Crippen LogP contribution in [0.25, 0.3) is 0 Å². The second-order valence-corrected chi connectivity index (χ2v) is 5.00. The standard InChI is InChI=1S/C14H18N4O3/c1-2-21-14(20)13-12-9(6-7-15)4-3-5-10(12)18(17-13)8-11(16)19/h9H,2-6,8H2,1H3,(H2,16,19). The number of nitrogens with two attached hydrogens (primary N) is 1. The van der Waals surface area contributed by atoms with E-state index in [9.17, 15) is 9.59 Å². The maximum Gasteiger partial charge on any atom is 0.359 e. The molecule has 0 saturated heterocycles. The van der Waals surface area contributed by atoms with Crippen molar-refractivity contribution in [2.24, 2.45) is 5.73 Å². The highest BCUT2D eigenvalue weighted by Gasteiger charge is 2.32. The topological polar surface area (TPSA) is 111 Å². The molecule has 1 aliphatic rings. The van der Waals surface area contributed by atoms with Crippen molar-refractivity contribution in [2.45, 2.75) is 45.1 Å². The Balaban J connectivity index is 2.49. The van der Waals surface area contributed by atoms with Crippen LogP contribution in [0.1, 0.15) is 53.8 Å². The van der Waals surface area contributed by atoms with Crippen molar-refractivity contribution < 1.29 is 14.3 Å². The van der Waals surface area contributed by atoms with Crippen molar-refractivity contribution in [1.82, 2.24) is 9.78 Å².